The summed E-state index contributed by atoms with van der Waals surface area (Å²) in [5.41, 5.74) is 1.64. The van der Waals surface area contributed by atoms with Gasteiger partial charge in [0.15, 0.2) is 5.75 Å². The predicted molar refractivity (Wildman–Crippen MR) is 121 cm³/mol. The molecule has 2 N–H and O–H groups in total. The topological polar surface area (TPSA) is 131 Å². The molecule has 0 atom stereocenters. The molecular formula is C23H18N4O6. The fraction of sp³-hybridized carbons (Fsp3) is 0.0870. The van der Waals surface area contributed by atoms with Gasteiger partial charge in [-0.2, -0.15) is 0 Å². The highest BCUT2D eigenvalue weighted by molar-refractivity contribution is 6.15. The lowest BCUT2D eigenvalue weighted by molar-refractivity contribution is -0.385. The van der Waals surface area contributed by atoms with Crippen LogP contribution in [0.5, 0.6) is 5.75 Å². The van der Waals surface area contributed by atoms with Crippen LogP contribution >= 0.6 is 0 Å². The van der Waals surface area contributed by atoms with Gasteiger partial charge < -0.3 is 15.4 Å². The van der Waals surface area contributed by atoms with Crippen LogP contribution in [0.1, 0.15) is 20.7 Å². The number of nitrogens with one attached hydrogen (secondary N) is 2. The van der Waals surface area contributed by atoms with Crippen molar-refractivity contribution in [3.05, 3.63) is 88.0 Å². The molecule has 0 unspecified atom stereocenters. The molecule has 1 aliphatic rings. The van der Waals surface area contributed by atoms with Crippen LogP contribution in [0.2, 0.25) is 0 Å². The second kappa shape index (κ2) is 8.79. The number of methoxy groups -OCH3 is 1. The van der Waals surface area contributed by atoms with Crippen LogP contribution < -0.4 is 20.3 Å². The van der Waals surface area contributed by atoms with Gasteiger partial charge in [0.2, 0.25) is 5.91 Å². The fourth-order valence-corrected chi connectivity index (χ4v) is 3.44. The van der Waals surface area contributed by atoms with E-state index in [1.54, 1.807) is 36.4 Å². The number of nitro groups is 1. The molecule has 0 aliphatic carbocycles. The van der Waals surface area contributed by atoms with Crippen LogP contribution in [0.3, 0.4) is 0 Å². The predicted octanol–water partition coefficient (Wildman–Crippen LogP) is 3.45. The number of nitro benzene ring substituents is 1. The van der Waals surface area contributed by atoms with E-state index >= 15 is 0 Å². The van der Waals surface area contributed by atoms with Gasteiger partial charge >= 0.3 is 5.69 Å². The number of benzene rings is 3. The largest absolute Gasteiger partial charge is 0.490 e. The maximum absolute atomic E-state index is 13.0. The van der Waals surface area contributed by atoms with E-state index in [9.17, 15) is 24.5 Å². The first-order valence-corrected chi connectivity index (χ1v) is 9.82. The number of carbonyl (C=O) groups is 3. The third-order valence-electron chi connectivity index (χ3n) is 5.04. The summed E-state index contributed by atoms with van der Waals surface area (Å²) in [4.78, 5) is 49.5. The number of hydrogen-bond donors (Lipinski definition) is 2. The maximum Gasteiger partial charge on any atom is 0.311 e. The Morgan fingerprint density at radius 1 is 1.06 bits per heavy atom. The van der Waals surface area contributed by atoms with Gasteiger partial charge in [-0.3, -0.25) is 29.4 Å². The summed E-state index contributed by atoms with van der Waals surface area (Å²) in [5.74, 6) is -1.16. The van der Waals surface area contributed by atoms with Gasteiger partial charge in [0.1, 0.15) is 6.54 Å². The molecule has 0 saturated carbocycles. The normalized spacial score (nSPS) is 12.4. The van der Waals surface area contributed by atoms with Gasteiger partial charge in [-0.1, -0.05) is 12.1 Å². The first-order valence-electron chi connectivity index (χ1n) is 9.82. The number of anilines is 3. The number of ether oxygens (including phenoxy) is 1. The molecule has 0 fully saturated rings. The summed E-state index contributed by atoms with van der Waals surface area (Å²) in [6, 6.07) is 17.0. The van der Waals surface area contributed by atoms with E-state index in [4.69, 9.17) is 4.74 Å². The van der Waals surface area contributed by atoms with Crippen molar-refractivity contribution in [2.45, 2.75) is 0 Å². The van der Waals surface area contributed by atoms with Crippen LogP contribution in [-0.4, -0.2) is 36.3 Å². The summed E-state index contributed by atoms with van der Waals surface area (Å²) < 4.78 is 4.94. The zero-order valence-electron chi connectivity index (χ0n) is 17.4. The highest BCUT2D eigenvalue weighted by Gasteiger charge is 2.27. The van der Waals surface area contributed by atoms with Crippen LogP contribution in [0.15, 0.2) is 66.7 Å². The lowest BCUT2D eigenvalue weighted by Gasteiger charge is -2.29. The second-order valence-electron chi connectivity index (χ2n) is 7.13. The molecule has 0 spiro atoms. The lowest BCUT2D eigenvalue weighted by Crippen LogP contribution is -2.42. The van der Waals surface area contributed by atoms with E-state index in [2.05, 4.69) is 10.6 Å². The zero-order chi connectivity index (χ0) is 23.5. The number of nitrogens with zero attached hydrogens (tertiary/aromatic N) is 2. The number of para-hydroxylation sites is 2. The molecule has 0 bridgehead atoms. The molecule has 33 heavy (non-hydrogen) atoms. The second-order valence-corrected chi connectivity index (χ2v) is 7.13. The van der Waals surface area contributed by atoms with Crippen LogP contribution in [0.25, 0.3) is 0 Å². The standard InChI is InChI=1S/C23H18N4O6/c1-33-20-11-8-15(12-19(20)27(31)32)22(29)24-16-9-6-14(7-10-16)23(30)26-13-21(28)25-17-4-2-3-5-18(17)26/h2-12H,13H2,1H3,(H,24,29)(H,25,28). The Morgan fingerprint density at radius 3 is 2.45 bits per heavy atom. The quantitative estimate of drug-likeness (QED) is 0.456. The molecule has 4 rings (SSSR count). The number of fused-ring (bicyclic) bond motifs is 1. The SMILES string of the molecule is COc1ccc(C(=O)Nc2ccc(C(=O)N3CC(=O)Nc4ccccc43)cc2)cc1[N+](=O)[O-]. The number of amides is 3. The molecule has 3 aromatic carbocycles. The first kappa shape index (κ1) is 21.5. The van der Waals surface area contributed by atoms with E-state index < -0.39 is 10.8 Å². The molecule has 0 aromatic heterocycles. The highest BCUT2D eigenvalue weighted by Crippen LogP contribution is 2.30. The Bertz CT molecular complexity index is 1270. The molecule has 1 heterocycles. The highest BCUT2D eigenvalue weighted by atomic mass is 16.6. The van der Waals surface area contributed by atoms with Gasteiger partial charge in [-0.15, -0.1) is 0 Å². The minimum atomic E-state index is -0.630. The molecule has 10 nitrogen and oxygen atoms in total. The number of carbonyl (C=O) groups excluding carboxylic acids is 3. The van der Waals surface area contributed by atoms with Gasteiger partial charge in [-0.05, 0) is 48.5 Å². The van der Waals surface area contributed by atoms with Crippen molar-refractivity contribution in [3.8, 4) is 5.75 Å². The van der Waals surface area contributed by atoms with Crippen molar-refractivity contribution in [1.29, 1.82) is 0 Å². The first-order chi connectivity index (χ1) is 15.9. The summed E-state index contributed by atoms with van der Waals surface area (Å²) in [6.45, 7) is -0.107. The van der Waals surface area contributed by atoms with Crippen molar-refractivity contribution in [2.75, 3.05) is 29.2 Å². The van der Waals surface area contributed by atoms with E-state index in [0.29, 0.717) is 22.6 Å². The minimum absolute atomic E-state index is 0.0485. The van der Waals surface area contributed by atoms with Crippen LogP contribution in [-0.2, 0) is 4.79 Å². The number of rotatable bonds is 5. The average Bonchev–Trinajstić information content (AvgIpc) is 2.83. The van der Waals surface area contributed by atoms with E-state index in [0.717, 1.165) is 6.07 Å². The third-order valence-corrected chi connectivity index (χ3v) is 5.04. The smallest absolute Gasteiger partial charge is 0.311 e. The fourth-order valence-electron chi connectivity index (χ4n) is 3.44. The van der Waals surface area contributed by atoms with Gasteiger partial charge in [0.25, 0.3) is 11.8 Å². The van der Waals surface area contributed by atoms with Crippen LogP contribution in [0, 0.1) is 10.1 Å². The zero-order valence-corrected chi connectivity index (χ0v) is 17.4. The Balaban J connectivity index is 1.51. The Morgan fingerprint density at radius 2 is 1.76 bits per heavy atom. The molecule has 10 heteroatoms. The van der Waals surface area contributed by atoms with E-state index in [1.165, 1.54) is 36.3 Å². The Labute approximate surface area is 187 Å². The molecule has 166 valence electrons. The van der Waals surface area contributed by atoms with E-state index in [-0.39, 0.29) is 35.4 Å². The Kier molecular flexibility index (Phi) is 5.73. The monoisotopic (exact) mass is 446 g/mol. The molecule has 0 radical (unpaired) electrons. The lowest BCUT2D eigenvalue weighted by atomic mass is 10.1. The van der Waals surface area contributed by atoms with Gasteiger partial charge in [-0.25, -0.2) is 0 Å². The maximum atomic E-state index is 13.0. The molecule has 3 aromatic rings. The summed E-state index contributed by atoms with van der Waals surface area (Å²) in [7, 11) is 1.31. The van der Waals surface area contributed by atoms with Crippen molar-refractivity contribution < 1.29 is 24.0 Å². The molecular weight excluding hydrogens is 428 g/mol. The Hall–Kier alpha value is -4.73. The summed E-state index contributed by atoms with van der Waals surface area (Å²) in [6.07, 6.45) is 0. The average molecular weight is 446 g/mol. The van der Waals surface area contributed by atoms with Gasteiger partial charge in [0, 0.05) is 22.9 Å². The van der Waals surface area contributed by atoms with E-state index in [1.807, 2.05) is 0 Å². The minimum Gasteiger partial charge on any atom is -0.490 e. The van der Waals surface area contributed by atoms with Gasteiger partial charge in [0.05, 0.1) is 23.4 Å². The van der Waals surface area contributed by atoms with Crippen molar-refractivity contribution in [3.63, 3.8) is 0 Å². The third kappa shape index (κ3) is 4.35. The molecule has 1 aliphatic heterocycles. The summed E-state index contributed by atoms with van der Waals surface area (Å²) >= 11 is 0. The summed E-state index contributed by atoms with van der Waals surface area (Å²) in [5, 5.41) is 16.5. The molecule has 3 amide bonds. The van der Waals surface area contributed by atoms with Crippen molar-refractivity contribution in [2.24, 2.45) is 0 Å². The molecule has 0 saturated heterocycles. The number of hydrogen-bond acceptors (Lipinski definition) is 6. The van der Waals surface area contributed by atoms with Crippen molar-refractivity contribution >= 4 is 40.5 Å². The van der Waals surface area contributed by atoms with Crippen LogP contribution in [0.4, 0.5) is 22.7 Å². The van der Waals surface area contributed by atoms with Crippen molar-refractivity contribution in [1.82, 2.24) is 0 Å².